The van der Waals surface area contributed by atoms with Gasteiger partial charge in [0.1, 0.15) is 4.90 Å². The standard InChI is InChI=1S/C14H22N2O3S/c1-15-20(18,19)13-8-4-3-7-12(13)16-11-14(17)9-5-2-6-10-14/h3-4,7-8,15-17H,2,5-6,9-11H2,1H3. The van der Waals surface area contributed by atoms with E-state index in [1.54, 1.807) is 24.3 Å². The van der Waals surface area contributed by atoms with Crippen LogP contribution in [-0.4, -0.2) is 32.7 Å². The van der Waals surface area contributed by atoms with Crippen LogP contribution in [0.4, 0.5) is 5.69 Å². The average Bonchev–Trinajstić information content (AvgIpc) is 2.46. The number of aliphatic hydroxyl groups is 1. The number of sulfonamides is 1. The highest BCUT2D eigenvalue weighted by molar-refractivity contribution is 7.89. The van der Waals surface area contributed by atoms with E-state index in [9.17, 15) is 13.5 Å². The first-order chi connectivity index (χ1) is 9.47. The van der Waals surface area contributed by atoms with Gasteiger partial charge in [-0.05, 0) is 32.0 Å². The molecule has 0 amide bonds. The van der Waals surface area contributed by atoms with E-state index in [4.69, 9.17) is 0 Å². The second-order valence-corrected chi connectivity index (χ2v) is 7.20. The first-order valence-corrected chi connectivity index (χ1v) is 8.44. The lowest BCUT2D eigenvalue weighted by atomic mass is 9.85. The topological polar surface area (TPSA) is 78.4 Å². The minimum absolute atomic E-state index is 0.210. The van der Waals surface area contributed by atoms with Crippen LogP contribution >= 0.6 is 0 Å². The van der Waals surface area contributed by atoms with Crippen molar-refractivity contribution in [2.24, 2.45) is 0 Å². The summed E-state index contributed by atoms with van der Waals surface area (Å²) in [6, 6.07) is 6.74. The van der Waals surface area contributed by atoms with E-state index < -0.39 is 15.6 Å². The van der Waals surface area contributed by atoms with Crippen molar-refractivity contribution in [3.63, 3.8) is 0 Å². The minimum atomic E-state index is -3.50. The Labute approximate surface area is 120 Å². The molecule has 0 saturated heterocycles. The van der Waals surface area contributed by atoms with E-state index in [-0.39, 0.29) is 4.90 Å². The molecule has 2 rings (SSSR count). The van der Waals surface area contributed by atoms with Gasteiger partial charge >= 0.3 is 0 Å². The van der Waals surface area contributed by atoms with Crippen LogP contribution in [-0.2, 0) is 10.0 Å². The van der Waals surface area contributed by atoms with Gasteiger partial charge in [-0.3, -0.25) is 0 Å². The maximum atomic E-state index is 11.9. The fraction of sp³-hybridized carbons (Fsp3) is 0.571. The van der Waals surface area contributed by atoms with Gasteiger partial charge in [-0.25, -0.2) is 13.1 Å². The number of nitrogens with one attached hydrogen (secondary N) is 2. The smallest absolute Gasteiger partial charge is 0.242 e. The van der Waals surface area contributed by atoms with Gasteiger partial charge < -0.3 is 10.4 Å². The molecule has 3 N–H and O–H groups in total. The highest BCUT2D eigenvalue weighted by Crippen LogP contribution is 2.29. The molecule has 1 aromatic carbocycles. The SMILES string of the molecule is CNS(=O)(=O)c1ccccc1NCC1(O)CCCCC1. The van der Waals surface area contributed by atoms with E-state index in [0.29, 0.717) is 12.2 Å². The highest BCUT2D eigenvalue weighted by atomic mass is 32.2. The maximum Gasteiger partial charge on any atom is 0.242 e. The lowest BCUT2D eigenvalue weighted by Crippen LogP contribution is -2.39. The fourth-order valence-corrected chi connectivity index (χ4v) is 3.51. The van der Waals surface area contributed by atoms with E-state index in [0.717, 1.165) is 32.1 Å². The molecule has 0 aliphatic heterocycles. The molecule has 0 atom stereocenters. The molecule has 0 heterocycles. The zero-order chi connectivity index (χ0) is 14.6. The Kier molecular flexibility index (Phi) is 4.67. The Bertz CT molecular complexity index is 551. The van der Waals surface area contributed by atoms with Crippen LogP contribution in [0.2, 0.25) is 0 Å². The monoisotopic (exact) mass is 298 g/mol. The summed E-state index contributed by atoms with van der Waals surface area (Å²) in [5.74, 6) is 0. The quantitative estimate of drug-likeness (QED) is 0.773. The number of anilines is 1. The molecule has 0 radical (unpaired) electrons. The first kappa shape index (κ1) is 15.3. The van der Waals surface area contributed by atoms with Gasteiger partial charge in [0.05, 0.1) is 11.3 Å². The third kappa shape index (κ3) is 3.50. The predicted molar refractivity (Wildman–Crippen MR) is 79.2 cm³/mol. The third-order valence-corrected chi connectivity index (χ3v) is 5.31. The van der Waals surface area contributed by atoms with Crippen LogP contribution in [0.25, 0.3) is 0 Å². The highest BCUT2D eigenvalue weighted by Gasteiger charge is 2.29. The Morgan fingerprint density at radius 3 is 2.50 bits per heavy atom. The number of para-hydroxylation sites is 1. The van der Waals surface area contributed by atoms with Gasteiger partial charge in [0.15, 0.2) is 0 Å². The second-order valence-electron chi connectivity index (χ2n) is 5.34. The summed E-state index contributed by atoms with van der Waals surface area (Å²) in [6.07, 6.45) is 4.73. The zero-order valence-electron chi connectivity index (χ0n) is 11.7. The van der Waals surface area contributed by atoms with Gasteiger partial charge in [0, 0.05) is 6.54 Å². The van der Waals surface area contributed by atoms with E-state index >= 15 is 0 Å². The summed E-state index contributed by atoms with van der Waals surface area (Å²) < 4.78 is 26.2. The van der Waals surface area contributed by atoms with Gasteiger partial charge in [-0.15, -0.1) is 0 Å². The molecule has 112 valence electrons. The molecule has 6 heteroatoms. The Hall–Kier alpha value is -1.11. The van der Waals surface area contributed by atoms with Crippen LogP contribution < -0.4 is 10.0 Å². The molecule has 5 nitrogen and oxygen atoms in total. The van der Waals surface area contributed by atoms with Crippen LogP contribution in [0.15, 0.2) is 29.2 Å². The van der Waals surface area contributed by atoms with Gasteiger partial charge in [-0.2, -0.15) is 0 Å². The fourth-order valence-electron chi connectivity index (χ4n) is 2.60. The van der Waals surface area contributed by atoms with Crippen LogP contribution in [0, 0.1) is 0 Å². The molecule has 0 aromatic heterocycles. The molecule has 1 aromatic rings. The van der Waals surface area contributed by atoms with E-state index in [1.807, 2.05) is 0 Å². The molecular formula is C14H22N2O3S. The summed E-state index contributed by atoms with van der Waals surface area (Å²) in [7, 11) is -2.11. The Morgan fingerprint density at radius 1 is 1.20 bits per heavy atom. The van der Waals surface area contributed by atoms with Crippen LogP contribution in [0.3, 0.4) is 0 Å². The predicted octanol–water partition coefficient (Wildman–Crippen LogP) is 1.70. The van der Waals surface area contributed by atoms with Crippen molar-refractivity contribution in [3.05, 3.63) is 24.3 Å². The number of hydrogen-bond donors (Lipinski definition) is 3. The summed E-state index contributed by atoms with van der Waals surface area (Å²) in [5, 5.41) is 13.6. The van der Waals surface area contributed by atoms with Gasteiger partial charge in [0.25, 0.3) is 0 Å². The average molecular weight is 298 g/mol. The molecule has 1 saturated carbocycles. The molecular weight excluding hydrogens is 276 g/mol. The summed E-state index contributed by atoms with van der Waals surface area (Å²) >= 11 is 0. The minimum Gasteiger partial charge on any atom is -0.388 e. The van der Waals surface area contributed by atoms with Crippen LogP contribution in [0.1, 0.15) is 32.1 Å². The number of rotatable bonds is 5. The van der Waals surface area contributed by atoms with E-state index in [1.165, 1.54) is 7.05 Å². The number of benzene rings is 1. The summed E-state index contributed by atoms with van der Waals surface area (Å²) in [4.78, 5) is 0.210. The third-order valence-electron chi connectivity index (χ3n) is 3.84. The zero-order valence-corrected chi connectivity index (χ0v) is 12.5. The molecule has 1 fully saturated rings. The van der Waals surface area contributed by atoms with Gasteiger partial charge in [-0.1, -0.05) is 31.4 Å². The van der Waals surface area contributed by atoms with Crippen molar-refractivity contribution >= 4 is 15.7 Å². The molecule has 0 unspecified atom stereocenters. The van der Waals surface area contributed by atoms with Crippen molar-refractivity contribution in [2.75, 3.05) is 18.9 Å². The molecule has 0 spiro atoms. The lowest BCUT2D eigenvalue weighted by molar-refractivity contribution is 0.0167. The molecule has 1 aliphatic carbocycles. The van der Waals surface area contributed by atoms with E-state index in [2.05, 4.69) is 10.0 Å². The maximum absolute atomic E-state index is 11.9. The largest absolute Gasteiger partial charge is 0.388 e. The van der Waals surface area contributed by atoms with Gasteiger partial charge in [0.2, 0.25) is 10.0 Å². The van der Waals surface area contributed by atoms with Crippen molar-refractivity contribution < 1.29 is 13.5 Å². The Balaban J connectivity index is 2.14. The molecule has 20 heavy (non-hydrogen) atoms. The summed E-state index contributed by atoms with van der Waals surface area (Å²) in [5.41, 5.74) is -0.199. The Morgan fingerprint density at radius 2 is 1.85 bits per heavy atom. The van der Waals surface area contributed by atoms with Crippen molar-refractivity contribution in [3.8, 4) is 0 Å². The van der Waals surface area contributed by atoms with Crippen molar-refractivity contribution in [2.45, 2.75) is 42.6 Å². The molecule has 0 bridgehead atoms. The second kappa shape index (κ2) is 6.11. The molecule has 1 aliphatic rings. The first-order valence-electron chi connectivity index (χ1n) is 6.96. The normalized spacial score (nSPS) is 18.7. The van der Waals surface area contributed by atoms with Crippen molar-refractivity contribution in [1.82, 2.24) is 4.72 Å². The number of hydrogen-bond acceptors (Lipinski definition) is 4. The lowest BCUT2D eigenvalue weighted by Gasteiger charge is -2.32. The summed E-state index contributed by atoms with van der Waals surface area (Å²) in [6.45, 7) is 0.378. The van der Waals surface area contributed by atoms with Crippen LogP contribution in [0.5, 0.6) is 0 Å². The van der Waals surface area contributed by atoms with Crippen molar-refractivity contribution in [1.29, 1.82) is 0 Å².